The Morgan fingerprint density at radius 2 is 2.06 bits per heavy atom. The fourth-order valence-electron chi connectivity index (χ4n) is 1.26. The number of allylic oxidation sites excluding steroid dienone is 1. The van der Waals surface area contributed by atoms with Gasteiger partial charge in [0.1, 0.15) is 0 Å². The molecule has 0 fully saturated rings. The molecule has 0 atom stereocenters. The van der Waals surface area contributed by atoms with E-state index in [1.165, 1.54) is 12.3 Å². The van der Waals surface area contributed by atoms with E-state index in [0.29, 0.717) is 12.2 Å². The van der Waals surface area contributed by atoms with Crippen molar-refractivity contribution >= 4 is 17.5 Å². The minimum absolute atomic E-state index is 0.0193. The lowest BCUT2D eigenvalue weighted by molar-refractivity contribution is 0.104. The molecule has 0 aliphatic carbocycles. The third-order valence-electron chi connectivity index (χ3n) is 2.31. The summed E-state index contributed by atoms with van der Waals surface area (Å²) in [6, 6.07) is 7.57. The molecule has 0 radical (unpaired) electrons. The summed E-state index contributed by atoms with van der Waals surface area (Å²) in [6.45, 7) is 2.78. The van der Waals surface area contributed by atoms with Crippen LogP contribution in [0.3, 0.4) is 0 Å². The zero-order valence-electron chi connectivity index (χ0n) is 10.3. The number of hydrogen-bond donors (Lipinski definition) is 0. The van der Waals surface area contributed by atoms with Crippen LogP contribution in [0.25, 0.3) is 0 Å². The smallest absolute Gasteiger partial charge is 0.188 e. The molecule has 0 aliphatic heterocycles. The van der Waals surface area contributed by atoms with Crippen LogP contribution < -0.4 is 0 Å². The molecule has 1 aromatic carbocycles. The van der Waals surface area contributed by atoms with E-state index >= 15 is 0 Å². The maximum atomic E-state index is 11.7. The third-order valence-corrected chi connectivity index (χ3v) is 3.05. The Bertz CT molecular complexity index is 368. The summed E-state index contributed by atoms with van der Waals surface area (Å²) in [7, 11) is 0. The molecule has 0 spiro atoms. The number of benzene rings is 1. The minimum atomic E-state index is -0.0193. The third kappa shape index (κ3) is 5.09. The van der Waals surface area contributed by atoms with E-state index in [1.54, 1.807) is 11.8 Å². The van der Waals surface area contributed by atoms with Gasteiger partial charge in [-0.15, -0.1) is 11.8 Å². The van der Waals surface area contributed by atoms with Crippen molar-refractivity contribution < 1.29 is 9.53 Å². The molecule has 92 valence electrons. The van der Waals surface area contributed by atoms with Gasteiger partial charge in [-0.2, -0.15) is 0 Å². The number of ketones is 1. The molecule has 0 amide bonds. The summed E-state index contributed by atoms with van der Waals surface area (Å²) in [5.74, 6) is -0.0193. The molecule has 0 aliphatic rings. The van der Waals surface area contributed by atoms with Crippen LogP contribution >= 0.6 is 11.8 Å². The van der Waals surface area contributed by atoms with Crippen LogP contribution in [-0.2, 0) is 4.74 Å². The Balaban J connectivity index is 2.46. The molecule has 17 heavy (non-hydrogen) atoms. The molecule has 2 nitrogen and oxygen atoms in total. The Kier molecular flexibility index (Phi) is 6.48. The van der Waals surface area contributed by atoms with Crippen LogP contribution in [0, 0.1) is 0 Å². The van der Waals surface area contributed by atoms with E-state index in [2.05, 4.69) is 6.92 Å². The number of carbonyl (C=O) groups is 1. The monoisotopic (exact) mass is 250 g/mol. The molecule has 1 aromatic rings. The highest BCUT2D eigenvalue weighted by molar-refractivity contribution is 7.98. The summed E-state index contributed by atoms with van der Waals surface area (Å²) in [5, 5.41) is 0. The summed E-state index contributed by atoms with van der Waals surface area (Å²) in [6.07, 6.45) is 7.08. The average molecular weight is 250 g/mol. The highest BCUT2D eigenvalue weighted by Gasteiger charge is 2.01. The molecular formula is C14H18O2S. The number of ether oxygens (including phenoxy) is 1. The van der Waals surface area contributed by atoms with Gasteiger partial charge in [-0.3, -0.25) is 4.79 Å². The van der Waals surface area contributed by atoms with E-state index in [-0.39, 0.29) is 5.78 Å². The van der Waals surface area contributed by atoms with Crippen molar-refractivity contribution in [2.45, 2.75) is 24.7 Å². The fraction of sp³-hybridized carbons (Fsp3) is 0.357. The van der Waals surface area contributed by atoms with Crippen LogP contribution in [0.5, 0.6) is 0 Å². The van der Waals surface area contributed by atoms with Crippen LogP contribution in [0.1, 0.15) is 30.1 Å². The number of carbonyl (C=O) groups excluding carboxylic acids is 1. The van der Waals surface area contributed by atoms with Gasteiger partial charge in [0.15, 0.2) is 5.78 Å². The van der Waals surface area contributed by atoms with E-state index < -0.39 is 0 Å². The molecule has 0 unspecified atom stereocenters. The van der Waals surface area contributed by atoms with Gasteiger partial charge in [0, 0.05) is 16.5 Å². The number of hydrogen-bond acceptors (Lipinski definition) is 3. The highest BCUT2D eigenvalue weighted by Crippen LogP contribution is 2.15. The lowest BCUT2D eigenvalue weighted by Crippen LogP contribution is -1.94. The van der Waals surface area contributed by atoms with Gasteiger partial charge >= 0.3 is 0 Å². The standard InChI is InChI=1S/C14H18O2S/c1-3-4-10-16-11-9-14(15)12-5-7-13(17-2)8-6-12/h5-9,11H,3-4,10H2,1-2H3. The maximum Gasteiger partial charge on any atom is 0.188 e. The van der Waals surface area contributed by atoms with Gasteiger partial charge in [0.2, 0.25) is 0 Å². The second-order valence-corrected chi connectivity index (χ2v) is 4.50. The van der Waals surface area contributed by atoms with Crippen LogP contribution in [-0.4, -0.2) is 18.6 Å². The highest BCUT2D eigenvalue weighted by atomic mass is 32.2. The molecule has 0 bridgehead atoms. The summed E-state index contributed by atoms with van der Waals surface area (Å²) >= 11 is 1.66. The lowest BCUT2D eigenvalue weighted by Gasteiger charge is -1.99. The second-order valence-electron chi connectivity index (χ2n) is 3.62. The largest absolute Gasteiger partial charge is 0.501 e. The number of unbranched alkanes of at least 4 members (excludes halogenated alkanes) is 1. The Labute approximate surface area is 107 Å². The molecular weight excluding hydrogens is 232 g/mol. The van der Waals surface area contributed by atoms with Gasteiger partial charge in [-0.1, -0.05) is 13.3 Å². The molecule has 0 saturated heterocycles. The first kappa shape index (κ1) is 13.8. The molecule has 3 heteroatoms. The summed E-state index contributed by atoms with van der Waals surface area (Å²) in [5.41, 5.74) is 0.693. The van der Waals surface area contributed by atoms with Gasteiger partial charge < -0.3 is 4.74 Å². The molecule has 0 heterocycles. The van der Waals surface area contributed by atoms with Crippen molar-refractivity contribution in [1.82, 2.24) is 0 Å². The fourth-order valence-corrected chi connectivity index (χ4v) is 1.67. The van der Waals surface area contributed by atoms with Crippen LogP contribution in [0.2, 0.25) is 0 Å². The average Bonchev–Trinajstić information content (AvgIpc) is 2.38. The predicted octanol–water partition coefficient (Wildman–Crippen LogP) is 3.92. The van der Waals surface area contributed by atoms with Crippen molar-refractivity contribution in [2.75, 3.05) is 12.9 Å². The van der Waals surface area contributed by atoms with E-state index in [0.717, 1.165) is 17.7 Å². The Hall–Kier alpha value is -1.22. The summed E-state index contributed by atoms with van der Waals surface area (Å²) in [4.78, 5) is 12.9. The first-order valence-electron chi connectivity index (χ1n) is 5.74. The van der Waals surface area contributed by atoms with Crippen molar-refractivity contribution in [3.05, 3.63) is 42.2 Å². The van der Waals surface area contributed by atoms with E-state index in [4.69, 9.17) is 4.74 Å². The Morgan fingerprint density at radius 3 is 2.65 bits per heavy atom. The first-order chi connectivity index (χ1) is 8.27. The van der Waals surface area contributed by atoms with Gasteiger partial charge in [-0.05, 0) is 36.9 Å². The quantitative estimate of drug-likeness (QED) is 0.241. The SMILES string of the molecule is CCCCOC=CC(=O)c1ccc(SC)cc1. The summed E-state index contributed by atoms with van der Waals surface area (Å²) < 4.78 is 5.21. The van der Waals surface area contributed by atoms with Gasteiger partial charge in [0.05, 0.1) is 12.9 Å². The molecule has 0 aromatic heterocycles. The molecule has 1 rings (SSSR count). The Morgan fingerprint density at radius 1 is 1.35 bits per heavy atom. The topological polar surface area (TPSA) is 26.3 Å². The normalized spacial score (nSPS) is 10.7. The zero-order chi connectivity index (χ0) is 12.5. The number of rotatable bonds is 7. The van der Waals surface area contributed by atoms with Crippen molar-refractivity contribution in [2.24, 2.45) is 0 Å². The van der Waals surface area contributed by atoms with E-state index in [9.17, 15) is 4.79 Å². The predicted molar refractivity (Wildman–Crippen MR) is 72.6 cm³/mol. The van der Waals surface area contributed by atoms with Crippen LogP contribution in [0.15, 0.2) is 41.5 Å². The molecule has 0 saturated carbocycles. The zero-order valence-corrected chi connectivity index (χ0v) is 11.1. The van der Waals surface area contributed by atoms with E-state index in [1.807, 2.05) is 30.5 Å². The van der Waals surface area contributed by atoms with Gasteiger partial charge in [0.25, 0.3) is 0 Å². The van der Waals surface area contributed by atoms with Gasteiger partial charge in [-0.25, -0.2) is 0 Å². The first-order valence-corrected chi connectivity index (χ1v) is 6.97. The maximum absolute atomic E-state index is 11.7. The molecule has 0 N–H and O–H groups in total. The van der Waals surface area contributed by atoms with Crippen LogP contribution in [0.4, 0.5) is 0 Å². The van der Waals surface area contributed by atoms with Crippen molar-refractivity contribution in [3.8, 4) is 0 Å². The van der Waals surface area contributed by atoms with Crippen molar-refractivity contribution in [3.63, 3.8) is 0 Å². The van der Waals surface area contributed by atoms with Crippen molar-refractivity contribution in [1.29, 1.82) is 0 Å². The number of thioether (sulfide) groups is 1. The lowest BCUT2D eigenvalue weighted by atomic mass is 10.1. The minimum Gasteiger partial charge on any atom is -0.501 e. The second kappa shape index (κ2) is 7.96.